The molecule has 104 valence electrons. The highest BCUT2D eigenvalue weighted by Gasteiger charge is 2.24. The molecule has 0 radical (unpaired) electrons. The van der Waals surface area contributed by atoms with Crippen LogP contribution < -0.4 is 4.72 Å². The van der Waals surface area contributed by atoms with E-state index in [2.05, 4.69) is 9.88 Å². The SMILES string of the molecule is Cc1noc(C)c1S(=O)(=O)NCC(O)CC(C)C. The molecule has 1 heterocycles. The van der Waals surface area contributed by atoms with Crippen LogP contribution in [0, 0.1) is 19.8 Å². The van der Waals surface area contributed by atoms with Gasteiger partial charge in [-0.3, -0.25) is 0 Å². The third kappa shape index (κ3) is 3.79. The number of hydrogen-bond acceptors (Lipinski definition) is 5. The van der Waals surface area contributed by atoms with Gasteiger partial charge in [0.2, 0.25) is 10.0 Å². The largest absolute Gasteiger partial charge is 0.392 e. The molecule has 1 aromatic rings. The van der Waals surface area contributed by atoms with Crippen molar-refractivity contribution >= 4 is 10.0 Å². The number of aliphatic hydroxyl groups is 1. The molecule has 1 atom stereocenters. The van der Waals surface area contributed by atoms with Crippen LogP contribution >= 0.6 is 0 Å². The number of nitrogens with one attached hydrogen (secondary N) is 1. The van der Waals surface area contributed by atoms with Gasteiger partial charge in [0.05, 0.1) is 6.10 Å². The van der Waals surface area contributed by atoms with Crippen molar-refractivity contribution in [1.82, 2.24) is 9.88 Å². The van der Waals surface area contributed by atoms with Crippen LogP contribution in [0.25, 0.3) is 0 Å². The van der Waals surface area contributed by atoms with Crippen molar-refractivity contribution in [3.63, 3.8) is 0 Å². The number of aliphatic hydroxyl groups excluding tert-OH is 1. The molecule has 0 aliphatic carbocycles. The van der Waals surface area contributed by atoms with Gasteiger partial charge in [0.1, 0.15) is 10.6 Å². The van der Waals surface area contributed by atoms with Gasteiger partial charge in [0.15, 0.2) is 5.76 Å². The predicted molar refractivity (Wildman–Crippen MR) is 66.6 cm³/mol. The average molecular weight is 276 g/mol. The summed E-state index contributed by atoms with van der Waals surface area (Å²) in [4.78, 5) is 0.0549. The first-order valence-corrected chi connectivity index (χ1v) is 7.33. The summed E-state index contributed by atoms with van der Waals surface area (Å²) in [5.74, 6) is 0.557. The molecule has 0 saturated carbocycles. The van der Waals surface area contributed by atoms with Gasteiger partial charge in [-0.2, -0.15) is 0 Å². The molecule has 0 saturated heterocycles. The van der Waals surface area contributed by atoms with E-state index in [1.165, 1.54) is 0 Å². The molecule has 1 unspecified atom stereocenters. The second-order valence-corrected chi connectivity index (χ2v) is 6.49. The zero-order chi connectivity index (χ0) is 13.9. The van der Waals surface area contributed by atoms with Crippen LogP contribution in [-0.2, 0) is 10.0 Å². The molecule has 1 aromatic heterocycles. The first kappa shape index (κ1) is 15.1. The Morgan fingerprint density at radius 2 is 2.00 bits per heavy atom. The van der Waals surface area contributed by atoms with Crippen molar-refractivity contribution in [1.29, 1.82) is 0 Å². The minimum absolute atomic E-state index is 0.00935. The van der Waals surface area contributed by atoms with Crippen LogP contribution in [0.3, 0.4) is 0 Å². The summed E-state index contributed by atoms with van der Waals surface area (Å²) in [6.07, 6.45) is -0.148. The molecule has 0 aliphatic rings. The lowest BCUT2D eigenvalue weighted by Crippen LogP contribution is -2.33. The second kappa shape index (κ2) is 5.81. The quantitative estimate of drug-likeness (QED) is 0.808. The van der Waals surface area contributed by atoms with Gasteiger partial charge < -0.3 is 9.63 Å². The smallest absolute Gasteiger partial charge is 0.246 e. The molecule has 7 heteroatoms. The Labute approximate surface area is 107 Å². The summed E-state index contributed by atoms with van der Waals surface area (Å²) in [5.41, 5.74) is 0.318. The van der Waals surface area contributed by atoms with Gasteiger partial charge in [-0.25, -0.2) is 13.1 Å². The highest BCUT2D eigenvalue weighted by atomic mass is 32.2. The van der Waals surface area contributed by atoms with Crippen LogP contribution in [-0.4, -0.2) is 31.3 Å². The van der Waals surface area contributed by atoms with E-state index in [-0.39, 0.29) is 17.2 Å². The molecule has 0 aromatic carbocycles. The normalized spacial score (nSPS) is 14.1. The molecule has 1 rings (SSSR count). The van der Waals surface area contributed by atoms with Gasteiger partial charge in [-0.05, 0) is 26.2 Å². The summed E-state index contributed by atoms with van der Waals surface area (Å²) in [5, 5.41) is 13.3. The van der Waals surface area contributed by atoms with Crippen molar-refractivity contribution in [3.8, 4) is 0 Å². The fourth-order valence-electron chi connectivity index (χ4n) is 1.76. The van der Waals surface area contributed by atoms with Gasteiger partial charge in [-0.1, -0.05) is 19.0 Å². The Bertz CT molecular complexity index is 474. The van der Waals surface area contributed by atoms with Crippen molar-refractivity contribution in [3.05, 3.63) is 11.5 Å². The van der Waals surface area contributed by atoms with Crippen LogP contribution in [0.5, 0.6) is 0 Å². The topological polar surface area (TPSA) is 92.4 Å². The molecule has 0 aliphatic heterocycles. The average Bonchev–Trinajstić information content (AvgIpc) is 2.55. The minimum atomic E-state index is -3.68. The van der Waals surface area contributed by atoms with Crippen LogP contribution in [0.4, 0.5) is 0 Å². The lowest BCUT2D eigenvalue weighted by atomic mass is 10.1. The first-order chi connectivity index (χ1) is 8.24. The molecule has 0 bridgehead atoms. The van der Waals surface area contributed by atoms with Gasteiger partial charge in [-0.15, -0.1) is 0 Å². The van der Waals surface area contributed by atoms with Crippen LogP contribution in [0.1, 0.15) is 31.7 Å². The summed E-state index contributed by atoms with van der Waals surface area (Å²) < 4.78 is 31.2. The lowest BCUT2D eigenvalue weighted by Gasteiger charge is -2.13. The lowest BCUT2D eigenvalue weighted by molar-refractivity contribution is 0.152. The molecule has 0 fully saturated rings. The van der Waals surface area contributed by atoms with Crippen molar-refractivity contribution in [2.24, 2.45) is 5.92 Å². The van der Waals surface area contributed by atoms with E-state index in [0.29, 0.717) is 18.0 Å². The number of sulfonamides is 1. The van der Waals surface area contributed by atoms with E-state index in [1.807, 2.05) is 13.8 Å². The summed E-state index contributed by atoms with van der Waals surface area (Å²) >= 11 is 0. The molecule has 0 spiro atoms. The van der Waals surface area contributed by atoms with Gasteiger partial charge in [0.25, 0.3) is 0 Å². The standard InChI is InChI=1S/C11H20N2O4S/c1-7(2)5-10(14)6-12-18(15,16)11-8(3)13-17-9(11)4/h7,10,12,14H,5-6H2,1-4H3. The number of nitrogens with zero attached hydrogens (tertiary/aromatic N) is 1. The Hall–Kier alpha value is -0.920. The fourth-order valence-corrected chi connectivity index (χ4v) is 3.16. The van der Waals surface area contributed by atoms with Crippen LogP contribution in [0.15, 0.2) is 9.42 Å². The highest BCUT2D eigenvalue weighted by Crippen LogP contribution is 2.18. The molecule has 18 heavy (non-hydrogen) atoms. The van der Waals surface area contributed by atoms with Crippen molar-refractivity contribution in [2.75, 3.05) is 6.54 Å². The van der Waals surface area contributed by atoms with Gasteiger partial charge >= 0.3 is 0 Å². The zero-order valence-corrected chi connectivity index (χ0v) is 11.9. The maximum absolute atomic E-state index is 12.0. The van der Waals surface area contributed by atoms with Crippen LogP contribution in [0.2, 0.25) is 0 Å². The molecule has 2 N–H and O–H groups in total. The van der Waals surface area contributed by atoms with Crippen molar-refractivity contribution < 1.29 is 18.0 Å². The molecular weight excluding hydrogens is 256 g/mol. The Morgan fingerprint density at radius 3 is 2.44 bits per heavy atom. The maximum atomic E-state index is 12.0. The number of aryl methyl sites for hydroxylation is 2. The van der Waals surface area contributed by atoms with Gasteiger partial charge in [0, 0.05) is 6.54 Å². The van der Waals surface area contributed by atoms with E-state index in [4.69, 9.17) is 4.52 Å². The van der Waals surface area contributed by atoms with E-state index in [0.717, 1.165) is 0 Å². The molecule has 0 amide bonds. The first-order valence-electron chi connectivity index (χ1n) is 5.84. The second-order valence-electron chi connectivity index (χ2n) is 4.79. The Kier molecular flexibility index (Phi) is 4.89. The highest BCUT2D eigenvalue weighted by molar-refractivity contribution is 7.89. The van der Waals surface area contributed by atoms with E-state index >= 15 is 0 Å². The Balaban J connectivity index is 2.72. The third-order valence-corrected chi connectivity index (χ3v) is 4.16. The maximum Gasteiger partial charge on any atom is 0.246 e. The third-order valence-electron chi connectivity index (χ3n) is 2.49. The summed E-state index contributed by atoms with van der Waals surface area (Å²) in [7, 11) is -3.68. The number of rotatable bonds is 6. The fraction of sp³-hybridized carbons (Fsp3) is 0.727. The molecular formula is C11H20N2O4S. The zero-order valence-electron chi connectivity index (χ0n) is 11.1. The van der Waals surface area contributed by atoms with E-state index in [9.17, 15) is 13.5 Å². The monoisotopic (exact) mass is 276 g/mol. The van der Waals surface area contributed by atoms with E-state index < -0.39 is 16.1 Å². The minimum Gasteiger partial charge on any atom is -0.392 e. The number of aromatic nitrogens is 1. The van der Waals surface area contributed by atoms with Crippen molar-refractivity contribution in [2.45, 2.75) is 45.1 Å². The molecule has 6 nitrogen and oxygen atoms in total. The Morgan fingerprint density at radius 1 is 1.39 bits per heavy atom. The number of hydrogen-bond donors (Lipinski definition) is 2. The van der Waals surface area contributed by atoms with E-state index in [1.54, 1.807) is 13.8 Å². The summed E-state index contributed by atoms with van der Waals surface area (Å²) in [6, 6.07) is 0. The predicted octanol–water partition coefficient (Wildman–Crippen LogP) is 0.977. The summed E-state index contributed by atoms with van der Waals surface area (Å²) in [6.45, 7) is 7.03.